The number of ether oxygens (including phenoxy) is 1. The van der Waals surface area contributed by atoms with E-state index in [4.69, 9.17) is 4.74 Å². The van der Waals surface area contributed by atoms with Gasteiger partial charge in [0.1, 0.15) is 5.82 Å². The van der Waals surface area contributed by atoms with Gasteiger partial charge in [0.25, 0.3) is 5.03 Å². The average Bonchev–Trinajstić information content (AvgIpc) is 2.60. The minimum Gasteiger partial charge on any atom is -0.618 e. The van der Waals surface area contributed by atoms with Gasteiger partial charge in [-0.05, 0) is 49.9 Å². The smallest absolute Gasteiger partial charge is 0.251 e. The van der Waals surface area contributed by atoms with Crippen molar-refractivity contribution in [2.75, 3.05) is 29.1 Å². The number of hydrogen-bond donors (Lipinski definition) is 1. The van der Waals surface area contributed by atoms with Crippen LogP contribution in [-0.2, 0) is 9.53 Å². The third kappa shape index (κ3) is 5.11. The van der Waals surface area contributed by atoms with Gasteiger partial charge in [-0.2, -0.15) is 4.73 Å². The number of nitrogens with zero attached hydrogens (tertiary/aromatic N) is 2. The number of carbonyl (C=O) groups excluding carboxylic acids is 1. The molecule has 0 saturated carbocycles. The van der Waals surface area contributed by atoms with Gasteiger partial charge in [0.15, 0.2) is 6.20 Å². The molecule has 1 fully saturated rings. The summed E-state index contributed by atoms with van der Waals surface area (Å²) in [5.41, 5.74) is 0.889. The molecule has 8 heteroatoms. The normalized spacial score (nSPS) is 19.7. The van der Waals surface area contributed by atoms with Crippen molar-refractivity contribution < 1.29 is 18.7 Å². The summed E-state index contributed by atoms with van der Waals surface area (Å²) in [6.07, 6.45) is 1.44. The van der Waals surface area contributed by atoms with Gasteiger partial charge >= 0.3 is 0 Å². The molecule has 2 heterocycles. The molecule has 2 aromatic rings. The maximum Gasteiger partial charge on any atom is 0.251 e. The van der Waals surface area contributed by atoms with Crippen molar-refractivity contribution in [3.05, 3.63) is 53.6 Å². The molecule has 0 spiro atoms. The van der Waals surface area contributed by atoms with Crippen molar-refractivity contribution in [2.24, 2.45) is 0 Å². The molecule has 1 amide bonds. The number of thioether (sulfide) groups is 1. The lowest BCUT2D eigenvalue weighted by Gasteiger charge is -2.37. The molecule has 1 N–H and O–H groups in total. The Balaban J connectivity index is 1.60. The van der Waals surface area contributed by atoms with E-state index in [0.29, 0.717) is 34.2 Å². The van der Waals surface area contributed by atoms with Gasteiger partial charge < -0.3 is 20.2 Å². The number of rotatable bonds is 5. The van der Waals surface area contributed by atoms with Crippen LogP contribution in [0.2, 0.25) is 0 Å². The van der Waals surface area contributed by atoms with E-state index in [-0.39, 0.29) is 29.7 Å². The van der Waals surface area contributed by atoms with Crippen molar-refractivity contribution in [3.63, 3.8) is 0 Å². The first-order valence-corrected chi connectivity index (χ1v) is 9.71. The zero-order valence-electron chi connectivity index (χ0n) is 15.2. The Labute approximate surface area is 161 Å². The molecule has 3 rings (SSSR count). The van der Waals surface area contributed by atoms with Crippen LogP contribution < -0.4 is 14.9 Å². The second-order valence-electron chi connectivity index (χ2n) is 6.53. The first-order chi connectivity index (χ1) is 12.9. The second-order valence-corrected chi connectivity index (χ2v) is 7.53. The number of halogens is 1. The van der Waals surface area contributed by atoms with E-state index >= 15 is 0 Å². The SMILES string of the molecule is C[C@@H]1CN(c2ccc(NC(=O)CSc3cccc[n+]3[O-])cc2F)C[C@@H](C)O1. The molecule has 0 unspecified atom stereocenters. The molecule has 1 saturated heterocycles. The predicted molar refractivity (Wildman–Crippen MR) is 103 cm³/mol. The fourth-order valence-corrected chi connectivity index (χ4v) is 3.79. The highest BCUT2D eigenvalue weighted by Crippen LogP contribution is 2.26. The molecule has 1 aliphatic rings. The zero-order chi connectivity index (χ0) is 19.4. The summed E-state index contributed by atoms with van der Waals surface area (Å²) in [5, 5.41) is 14.7. The minimum atomic E-state index is -0.387. The number of morpholine rings is 1. The molecule has 27 heavy (non-hydrogen) atoms. The summed E-state index contributed by atoms with van der Waals surface area (Å²) >= 11 is 1.13. The maximum absolute atomic E-state index is 14.6. The summed E-state index contributed by atoms with van der Waals surface area (Å²) < 4.78 is 20.9. The van der Waals surface area contributed by atoms with E-state index in [1.165, 1.54) is 12.3 Å². The Morgan fingerprint density at radius 1 is 1.33 bits per heavy atom. The fraction of sp³-hybridized carbons (Fsp3) is 0.368. The highest BCUT2D eigenvalue weighted by Gasteiger charge is 2.24. The Hall–Kier alpha value is -2.32. The summed E-state index contributed by atoms with van der Waals surface area (Å²) in [5.74, 6) is -0.625. The molecule has 0 radical (unpaired) electrons. The van der Waals surface area contributed by atoms with Crippen LogP contribution in [0, 0.1) is 11.0 Å². The molecule has 1 aliphatic heterocycles. The van der Waals surface area contributed by atoms with Crippen molar-refractivity contribution in [2.45, 2.75) is 31.1 Å². The highest BCUT2D eigenvalue weighted by atomic mass is 32.2. The van der Waals surface area contributed by atoms with E-state index in [0.717, 1.165) is 11.8 Å². The zero-order valence-corrected chi connectivity index (χ0v) is 16.0. The molecule has 1 aromatic carbocycles. The molecule has 2 atom stereocenters. The minimum absolute atomic E-state index is 0.0336. The number of carbonyl (C=O) groups is 1. The van der Waals surface area contributed by atoms with Crippen molar-refractivity contribution in [1.29, 1.82) is 0 Å². The lowest BCUT2D eigenvalue weighted by molar-refractivity contribution is -0.645. The van der Waals surface area contributed by atoms with Gasteiger partial charge in [-0.3, -0.25) is 4.79 Å². The number of pyridine rings is 1. The van der Waals surface area contributed by atoms with Crippen molar-refractivity contribution in [3.8, 4) is 0 Å². The largest absolute Gasteiger partial charge is 0.618 e. The van der Waals surface area contributed by atoms with Gasteiger partial charge in [0.2, 0.25) is 5.91 Å². The number of nitrogens with one attached hydrogen (secondary N) is 1. The second kappa shape index (κ2) is 8.58. The Bertz CT molecular complexity index is 811. The average molecular weight is 391 g/mol. The number of amides is 1. The highest BCUT2D eigenvalue weighted by molar-refractivity contribution is 7.99. The number of aromatic nitrogens is 1. The summed E-state index contributed by atoms with van der Waals surface area (Å²) in [4.78, 5) is 14.0. The molecule has 0 aliphatic carbocycles. The quantitative estimate of drug-likeness (QED) is 0.482. The molecular formula is C19H22FN3O3S. The van der Waals surface area contributed by atoms with Gasteiger partial charge in [-0.25, -0.2) is 4.39 Å². The Kier molecular flexibility index (Phi) is 6.18. The Morgan fingerprint density at radius 3 is 2.74 bits per heavy atom. The van der Waals surface area contributed by atoms with E-state index in [1.807, 2.05) is 18.7 Å². The lowest BCUT2D eigenvalue weighted by atomic mass is 10.2. The number of hydrogen-bond acceptors (Lipinski definition) is 5. The molecule has 0 bridgehead atoms. The Morgan fingerprint density at radius 2 is 2.07 bits per heavy atom. The number of anilines is 2. The van der Waals surface area contributed by atoms with Crippen LogP contribution in [0.1, 0.15) is 13.8 Å². The van der Waals surface area contributed by atoms with Crippen LogP contribution >= 0.6 is 11.8 Å². The van der Waals surface area contributed by atoms with Crippen LogP contribution in [0.4, 0.5) is 15.8 Å². The van der Waals surface area contributed by atoms with E-state index < -0.39 is 0 Å². The molecule has 1 aromatic heterocycles. The first kappa shape index (κ1) is 19.4. The standard InChI is InChI=1S/C19H22FN3O3S/c1-13-10-22(11-14(2)26-13)17-7-6-15(9-16(17)20)21-18(24)12-27-19-5-3-4-8-23(19)25/h3-9,13-14H,10-12H2,1-2H3,(H,21,24)/t13-,14-/m1/s1. The number of benzene rings is 1. The van der Waals surface area contributed by atoms with Crippen LogP contribution in [0.15, 0.2) is 47.6 Å². The molecular weight excluding hydrogens is 369 g/mol. The maximum atomic E-state index is 14.6. The first-order valence-electron chi connectivity index (χ1n) is 8.73. The van der Waals surface area contributed by atoms with E-state index in [2.05, 4.69) is 5.32 Å². The van der Waals surface area contributed by atoms with Gasteiger partial charge in [0.05, 0.1) is 23.6 Å². The van der Waals surface area contributed by atoms with Crippen molar-refractivity contribution in [1.82, 2.24) is 0 Å². The lowest BCUT2D eigenvalue weighted by Crippen LogP contribution is -2.45. The summed E-state index contributed by atoms with van der Waals surface area (Å²) in [6.45, 7) is 5.17. The van der Waals surface area contributed by atoms with Gasteiger partial charge in [-0.15, -0.1) is 0 Å². The third-order valence-corrected chi connectivity index (χ3v) is 5.15. The van der Waals surface area contributed by atoms with E-state index in [1.54, 1.807) is 30.3 Å². The van der Waals surface area contributed by atoms with Gasteiger partial charge in [-0.1, -0.05) is 0 Å². The van der Waals surface area contributed by atoms with E-state index in [9.17, 15) is 14.4 Å². The van der Waals surface area contributed by atoms with Crippen LogP contribution in [-0.4, -0.2) is 37.0 Å². The van der Waals surface area contributed by atoms with Crippen LogP contribution in [0.5, 0.6) is 0 Å². The van der Waals surface area contributed by atoms with Crippen LogP contribution in [0.25, 0.3) is 0 Å². The van der Waals surface area contributed by atoms with Gasteiger partial charge in [0, 0.05) is 30.9 Å². The third-order valence-electron chi connectivity index (χ3n) is 4.13. The van der Waals surface area contributed by atoms with Crippen LogP contribution in [0.3, 0.4) is 0 Å². The molecule has 144 valence electrons. The monoisotopic (exact) mass is 391 g/mol. The summed E-state index contributed by atoms with van der Waals surface area (Å²) in [7, 11) is 0. The van der Waals surface area contributed by atoms with Crippen molar-refractivity contribution >= 4 is 29.0 Å². The topological polar surface area (TPSA) is 68.5 Å². The molecule has 6 nitrogen and oxygen atoms in total. The predicted octanol–water partition coefficient (Wildman–Crippen LogP) is 2.80. The summed E-state index contributed by atoms with van der Waals surface area (Å²) in [6, 6.07) is 9.67. The fourth-order valence-electron chi connectivity index (χ4n) is 3.08.